The Kier molecular flexibility index (Phi) is 4.58. The second kappa shape index (κ2) is 6.63. The third-order valence-electron chi connectivity index (χ3n) is 3.86. The summed E-state index contributed by atoms with van der Waals surface area (Å²) >= 11 is 0. The SMILES string of the molecule is CC(C)(C)Oc1ccc(OCC2Cc3ccccc3CN2)cc1. The molecule has 0 saturated heterocycles. The smallest absolute Gasteiger partial charge is 0.120 e. The average Bonchev–Trinajstić information content (AvgIpc) is 2.52. The molecule has 1 aliphatic rings. The second-order valence-corrected chi connectivity index (χ2v) is 7.05. The fraction of sp³-hybridized carbons (Fsp3) is 0.400. The predicted molar refractivity (Wildman–Crippen MR) is 93.1 cm³/mol. The molecule has 1 N–H and O–H groups in total. The molecule has 0 amide bonds. The summed E-state index contributed by atoms with van der Waals surface area (Å²) in [7, 11) is 0. The lowest BCUT2D eigenvalue weighted by molar-refractivity contribution is 0.130. The van der Waals surface area contributed by atoms with Crippen molar-refractivity contribution in [2.45, 2.75) is 45.4 Å². The van der Waals surface area contributed by atoms with Crippen molar-refractivity contribution in [1.82, 2.24) is 5.32 Å². The topological polar surface area (TPSA) is 30.5 Å². The lowest BCUT2D eigenvalue weighted by Gasteiger charge is -2.26. The van der Waals surface area contributed by atoms with Crippen LogP contribution in [-0.2, 0) is 13.0 Å². The summed E-state index contributed by atoms with van der Waals surface area (Å²) in [5.74, 6) is 1.75. The number of ether oxygens (including phenoxy) is 2. The molecule has 23 heavy (non-hydrogen) atoms. The van der Waals surface area contributed by atoms with Gasteiger partial charge in [-0.3, -0.25) is 0 Å². The quantitative estimate of drug-likeness (QED) is 0.927. The Morgan fingerprint density at radius 2 is 1.61 bits per heavy atom. The van der Waals surface area contributed by atoms with E-state index < -0.39 is 0 Å². The van der Waals surface area contributed by atoms with Gasteiger partial charge in [-0.1, -0.05) is 24.3 Å². The van der Waals surface area contributed by atoms with E-state index in [1.54, 1.807) is 0 Å². The molecule has 0 aliphatic carbocycles. The van der Waals surface area contributed by atoms with Crippen molar-refractivity contribution in [1.29, 1.82) is 0 Å². The zero-order valence-electron chi connectivity index (χ0n) is 14.1. The van der Waals surface area contributed by atoms with Gasteiger partial charge in [-0.05, 0) is 62.6 Å². The molecule has 0 saturated carbocycles. The van der Waals surface area contributed by atoms with Crippen LogP contribution in [0.25, 0.3) is 0 Å². The van der Waals surface area contributed by atoms with Crippen molar-refractivity contribution in [2.75, 3.05) is 6.61 Å². The van der Waals surface area contributed by atoms with Crippen LogP contribution in [0.4, 0.5) is 0 Å². The Labute approximate surface area is 138 Å². The molecule has 3 rings (SSSR count). The van der Waals surface area contributed by atoms with Crippen LogP contribution in [-0.4, -0.2) is 18.2 Å². The molecule has 0 fully saturated rings. The molecule has 3 nitrogen and oxygen atoms in total. The van der Waals surface area contributed by atoms with Gasteiger partial charge in [-0.15, -0.1) is 0 Å². The maximum absolute atomic E-state index is 5.93. The lowest BCUT2D eigenvalue weighted by atomic mass is 9.96. The van der Waals surface area contributed by atoms with E-state index in [4.69, 9.17) is 9.47 Å². The van der Waals surface area contributed by atoms with E-state index in [1.807, 2.05) is 45.0 Å². The van der Waals surface area contributed by atoms with Crippen molar-refractivity contribution < 1.29 is 9.47 Å². The summed E-state index contributed by atoms with van der Waals surface area (Å²) in [6.45, 7) is 7.73. The minimum Gasteiger partial charge on any atom is -0.492 e. The van der Waals surface area contributed by atoms with Crippen LogP contribution in [0.5, 0.6) is 11.5 Å². The minimum absolute atomic E-state index is 0.179. The summed E-state index contributed by atoms with van der Waals surface area (Å²) < 4.78 is 11.7. The standard InChI is InChI=1S/C20H25NO2/c1-20(2,3)23-19-10-8-18(9-11-19)22-14-17-12-15-6-4-5-7-16(15)13-21-17/h4-11,17,21H,12-14H2,1-3H3. The number of fused-ring (bicyclic) bond motifs is 1. The normalized spacial score (nSPS) is 17.4. The average molecular weight is 311 g/mol. The van der Waals surface area contributed by atoms with Gasteiger partial charge in [0.05, 0.1) is 0 Å². The number of hydrogen-bond acceptors (Lipinski definition) is 3. The summed E-state index contributed by atoms with van der Waals surface area (Å²) in [4.78, 5) is 0. The first-order valence-electron chi connectivity index (χ1n) is 8.22. The molecule has 122 valence electrons. The van der Waals surface area contributed by atoms with Gasteiger partial charge in [-0.25, -0.2) is 0 Å². The summed E-state index contributed by atoms with van der Waals surface area (Å²) in [5, 5.41) is 3.54. The van der Waals surface area contributed by atoms with E-state index in [1.165, 1.54) is 11.1 Å². The Morgan fingerprint density at radius 3 is 2.30 bits per heavy atom. The van der Waals surface area contributed by atoms with Gasteiger partial charge in [0, 0.05) is 12.6 Å². The third kappa shape index (κ3) is 4.49. The molecule has 1 unspecified atom stereocenters. The predicted octanol–water partition coefficient (Wildman–Crippen LogP) is 3.96. The maximum atomic E-state index is 5.93. The molecular weight excluding hydrogens is 286 g/mol. The zero-order chi connectivity index (χ0) is 16.3. The summed E-state index contributed by atoms with van der Waals surface area (Å²) in [6.07, 6.45) is 1.02. The summed E-state index contributed by atoms with van der Waals surface area (Å²) in [5.41, 5.74) is 2.64. The van der Waals surface area contributed by atoms with Gasteiger partial charge in [0.1, 0.15) is 23.7 Å². The van der Waals surface area contributed by atoms with E-state index in [9.17, 15) is 0 Å². The van der Waals surface area contributed by atoms with Gasteiger partial charge in [0.15, 0.2) is 0 Å². The third-order valence-corrected chi connectivity index (χ3v) is 3.86. The first kappa shape index (κ1) is 15.9. The monoisotopic (exact) mass is 311 g/mol. The molecule has 1 heterocycles. The van der Waals surface area contributed by atoms with Crippen LogP contribution >= 0.6 is 0 Å². The van der Waals surface area contributed by atoms with E-state index in [0.29, 0.717) is 12.6 Å². The fourth-order valence-electron chi connectivity index (χ4n) is 2.79. The zero-order valence-corrected chi connectivity index (χ0v) is 14.1. The molecule has 0 bridgehead atoms. The molecule has 0 radical (unpaired) electrons. The van der Waals surface area contributed by atoms with E-state index in [2.05, 4.69) is 29.6 Å². The van der Waals surface area contributed by atoms with E-state index >= 15 is 0 Å². The van der Waals surface area contributed by atoms with Crippen LogP contribution in [0.1, 0.15) is 31.9 Å². The first-order chi connectivity index (χ1) is 11.0. The van der Waals surface area contributed by atoms with Crippen molar-refractivity contribution >= 4 is 0 Å². The fourth-order valence-corrected chi connectivity index (χ4v) is 2.79. The first-order valence-corrected chi connectivity index (χ1v) is 8.22. The highest BCUT2D eigenvalue weighted by Crippen LogP contribution is 2.22. The number of hydrogen-bond donors (Lipinski definition) is 1. The van der Waals surface area contributed by atoms with Crippen molar-refractivity contribution in [3.63, 3.8) is 0 Å². The highest BCUT2D eigenvalue weighted by Gasteiger charge is 2.18. The minimum atomic E-state index is -0.179. The van der Waals surface area contributed by atoms with E-state index in [-0.39, 0.29) is 5.60 Å². The van der Waals surface area contributed by atoms with Crippen LogP contribution < -0.4 is 14.8 Å². The van der Waals surface area contributed by atoms with Crippen molar-refractivity contribution in [3.8, 4) is 11.5 Å². The van der Waals surface area contributed by atoms with E-state index in [0.717, 1.165) is 24.5 Å². The number of rotatable bonds is 4. The van der Waals surface area contributed by atoms with Gasteiger partial charge in [-0.2, -0.15) is 0 Å². The Balaban J connectivity index is 1.53. The van der Waals surface area contributed by atoms with Crippen molar-refractivity contribution in [2.24, 2.45) is 0 Å². The summed E-state index contributed by atoms with van der Waals surface area (Å²) in [6, 6.07) is 16.8. The van der Waals surface area contributed by atoms with Crippen molar-refractivity contribution in [3.05, 3.63) is 59.7 Å². The Hall–Kier alpha value is -2.00. The van der Waals surface area contributed by atoms with Gasteiger partial charge in [0.25, 0.3) is 0 Å². The highest BCUT2D eigenvalue weighted by atomic mass is 16.5. The molecule has 2 aromatic rings. The van der Waals surface area contributed by atoms with Gasteiger partial charge >= 0.3 is 0 Å². The largest absolute Gasteiger partial charge is 0.492 e. The van der Waals surface area contributed by atoms with Gasteiger partial charge in [0.2, 0.25) is 0 Å². The molecule has 1 aliphatic heterocycles. The molecule has 2 aromatic carbocycles. The molecule has 1 atom stereocenters. The van der Waals surface area contributed by atoms with Crippen LogP contribution in [0, 0.1) is 0 Å². The van der Waals surface area contributed by atoms with Gasteiger partial charge < -0.3 is 14.8 Å². The van der Waals surface area contributed by atoms with Crippen LogP contribution in [0.15, 0.2) is 48.5 Å². The molecule has 0 spiro atoms. The maximum Gasteiger partial charge on any atom is 0.120 e. The molecular formula is C20H25NO2. The molecule has 3 heteroatoms. The lowest BCUT2D eigenvalue weighted by Crippen LogP contribution is -2.39. The van der Waals surface area contributed by atoms with Crippen LogP contribution in [0.2, 0.25) is 0 Å². The number of benzene rings is 2. The Morgan fingerprint density at radius 1 is 0.957 bits per heavy atom. The second-order valence-electron chi connectivity index (χ2n) is 7.05. The Bertz CT molecular complexity index is 643. The number of nitrogens with one attached hydrogen (secondary N) is 1. The van der Waals surface area contributed by atoms with Crippen LogP contribution in [0.3, 0.4) is 0 Å². The highest BCUT2D eigenvalue weighted by molar-refractivity contribution is 5.32. The molecule has 0 aromatic heterocycles.